The van der Waals surface area contributed by atoms with Gasteiger partial charge in [0.2, 0.25) is 0 Å². The van der Waals surface area contributed by atoms with E-state index in [9.17, 15) is 24.5 Å². The van der Waals surface area contributed by atoms with Crippen LogP contribution < -0.4 is 10.6 Å². The van der Waals surface area contributed by atoms with Crippen molar-refractivity contribution in [3.05, 3.63) is 74.0 Å². The number of carbonyl (C=O) groups excluding carboxylic acids is 3. The van der Waals surface area contributed by atoms with Crippen molar-refractivity contribution in [1.29, 1.82) is 0 Å². The van der Waals surface area contributed by atoms with Gasteiger partial charge in [-0.05, 0) is 46.3 Å². The molecule has 0 unspecified atom stereocenters. The topological polar surface area (TPSA) is 141 Å². The predicted octanol–water partition coefficient (Wildman–Crippen LogP) is 4.06. The summed E-state index contributed by atoms with van der Waals surface area (Å²) in [5.41, 5.74) is 0.152. The van der Waals surface area contributed by atoms with E-state index in [0.717, 1.165) is 11.3 Å². The van der Waals surface area contributed by atoms with Crippen LogP contribution in [0.5, 0.6) is 0 Å². The molecule has 30 heavy (non-hydrogen) atoms. The first kappa shape index (κ1) is 21.2. The molecule has 0 fully saturated rings. The lowest BCUT2D eigenvalue weighted by molar-refractivity contribution is -0.384. The number of nitro benzene ring substituents is 1. The molecule has 2 amide bonds. The number of esters is 1. The first-order valence-corrected chi connectivity index (χ1v) is 9.80. The molecule has 1 aromatic carbocycles. The second kappa shape index (κ2) is 9.33. The van der Waals surface area contributed by atoms with Crippen LogP contribution in [-0.2, 0) is 9.53 Å². The SMILES string of the molecule is O=C(COC(=O)c1ccc(NC(=O)c2ccco2)s1)Nc1ccc([N+](=O)[O-])cc1Br. The maximum absolute atomic E-state index is 12.1. The Morgan fingerprint density at radius 2 is 1.97 bits per heavy atom. The molecule has 3 aromatic rings. The zero-order valence-electron chi connectivity index (χ0n) is 14.9. The van der Waals surface area contributed by atoms with Crippen LogP contribution in [-0.4, -0.2) is 29.3 Å². The van der Waals surface area contributed by atoms with Crippen molar-refractivity contribution in [1.82, 2.24) is 0 Å². The Hall–Kier alpha value is -3.51. The molecular weight excluding hydrogens is 482 g/mol. The number of furan rings is 1. The standard InChI is InChI=1S/C18H12BrN3O7S/c19-11-8-10(22(26)27)3-4-12(11)20-15(23)9-29-18(25)14-5-6-16(30-14)21-17(24)13-2-1-7-28-13/h1-8H,9H2,(H,20,23)(H,21,24). The molecule has 2 heterocycles. The number of hydrogen-bond acceptors (Lipinski definition) is 8. The van der Waals surface area contributed by atoms with E-state index in [0.29, 0.717) is 15.2 Å². The first-order valence-electron chi connectivity index (χ1n) is 8.19. The van der Waals surface area contributed by atoms with Gasteiger partial charge in [0, 0.05) is 16.6 Å². The number of nitrogens with one attached hydrogen (secondary N) is 2. The molecule has 0 saturated carbocycles. The summed E-state index contributed by atoms with van der Waals surface area (Å²) in [6.45, 7) is -0.561. The average molecular weight is 494 g/mol. The molecule has 0 aliphatic heterocycles. The van der Waals surface area contributed by atoms with Gasteiger partial charge in [-0.2, -0.15) is 0 Å². The number of ether oxygens (including phenoxy) is 1. The maximum Gasteiger partial charge on any atom is 0.348 e. The molecule has 154 valence electrons. The first-order chi connectivity index (χ1) is 14.3. The van der Waals surface area contributed by atoms with Crippen LogP contribution in [0.4, 0.5) is 16.4 Å². The Bertz CT molecular complexity index is 1110. The van der Waals surface area contributed by atoms with Gasteiger partial charge >= 0.3 is 5.97 Å². The number of anilines is 2. The Morgan fingerprint density at radius 1 is 1.17 bits per heavy atom. The van der Waals surface area contributed by atoms with Crippen molar-refractivity contribution < 1.29 is 28.5 Å². The lowest BCUT2D eigenvalue weighted by Crippen LogP contribution is -2.20. The van der Waals surface area contributed by atoms with Gasteiger partial charge < -0.3 is 19.8 Å². The lowest BCUT2D eigenvalue weighted by Gasteiger charge is -2.07. The fourth-order valence-corrected chi connectivity index (χ4v) is 3.46. The summed E-state index contributed by atoms with van der Waals surface area (Å²) in [5, 5.41) is 16.2. The van der Waals surface area contributed by atoms with E-state index in [-0.39, 0.29) is 16.3 Å². The minimum Gasteiger partial charge on any atom is -0.459 e. The third-order valence-corrected chi connectivity index (χ3v) is 5.20. The summed E-state index contributed by atoms with van der Waals surface area (Å²) in [6, 6.07) is 9.88. The molecule has 0 radical (unpaired) electrons. The summed E-state index contributed by atoms with van der Waals surface area (Å²) in [6.07, 6.45) is 1.37. The Labute approximate surface area is 181 Å². The highest BCUT2D eigenvalue weighted by Crippen LogP contribution is 2.27. The molecule has 10 nitrogen and oxygen atoms in total. The van der Waals surface area contributed by atoms with Gasteiger partial charge in [0.1, 0.15) is 4.88 Å². The van der Waals surface area contributed by atoms with Crippen molar-refractivity contribution in [2.75, 3.05) is 17.2 Å². The molecule has 0 spiro atoms. The number of non-ortho nitro benzene ring substituents is 1. The molecule has 12 heteroatoms. The number of nitro groups is 1. The third-order valence-electron chi connectivity index (χ3n) is 3.56. The van der Waals surface area contributed by atoms with Crippen LogP contribution in [0.3, 0.4) is 0 Å². The summed E-state index contributed by atoms with van der Waals surface area (Å²) in [7, 11) is 0. The Morgan fingerprint density at radius 3 is 2.63 bits per heavy atom. The highest BCUT2D eigenvalue weighted by molar-refractivity contribution is 9.10. The Kier molecular flexibility index (Phi) is 6.59. The van der Waals surface area contributed by atoms with E-state index in [1.165, 1.54) is 42.7 Å². The molecular formula is C18H12BrN3O7S. The molecule has 0 aliphatic rings. The van der Waals surface area contributed by atoms with E-state index in [2.05, 4.69) is 26.6 Å². The van der Waals surface area contributed by atoms with Crippen LogP contribution in [0.15, 0.2) is 57.6 Å². The van der Waals surface area contributed by atoms with Crippen molar-refractivity contribution in [3.8, 4) is 0 Å². The van der Waals surface area contributed by atoms with Gasteiger partial charge in [-0.25, -0.2) is 4.79 Å². The number of thiophene rings is 1. The van der Waals surface area contributed by atoms with Gasteiger partial charge in [0.15, 0.2) is 12.4 Å². The Balaban J connectivity index is 1.52. The number of benzene rings is 1. The van der Waals surface area contributed by atoms with Crippen LogP contribution in [0.25, 0.3) is 0 Å². The third kappa shape index (κ3) is 5.30. The van der Waals surface area contributed by atoms with Crippen molar-refractivity contribution >= 4 is 61.4 Å². The van der Waals surface area contributed by atoms with Gasteiger partial charge in [-0.3, -0.25) is 19.7 Å². The van der Waals surface area contributed by atoms with Crippen LogP contribution in [0, 0.1) is 10.1 Å². The number of rotatable bonds is 7. The summed E-state index contributed by atoms with van der Waals surface area (Å²) < 4.78 is 10.3. The molecule has 2 aromatic heterocycles. The minimum atomic E-state index is -0.739. The fraction of sp³-hybridized carbons (Fsp3) is 0.0556. The number of halogens is 1. The van der Waals surface area contributed by atoms with Gasteiger partial charge in [0.25, 0.3) is 17.5 Å². The second-order valence-electron chi connectivity index (χ2n) is 5.64. The molecule has 2 N–H and O–H groups in total. The van der Waals surface area contributed by atoms with Crippen molar-refractivity contribution in [3.63, 3.8) is 0 Å². The quantitative estimate of drug-likeness (QED) is 0.287. The zero-order chi connectivity index (χ0) is 21.7. The van der Waals surface area contributed by atoms with Crippen LogP contribution in [0.1, 0.15) is 20.2 Å². The number of carbonyl (C=O) groups is 3. The van der Waals surface area contributed by atoms with Crippen molar-refractivity contribution in [2.24, 2.45) is 0 Å². The summed E-state index contributed by atoms with van der Waals surface area (Å²) in [4.78, 5) is 46.4. The average Bonchev–Trinajstić information content (AvgIpc) is 3.39. The van der Waals surface area contributed by atoms with Gasteiger partial charge in [-0.1, -0.05) is 0 Å². The molecule has 0 bridgehead atoms. The minimum absolute atomic E-state index is 0.126. The van der Waals surface area contributed by atoms with Crippen LogP contribution in [0.2, 0.25) is 0 Å². The smallest absolute Gasteiger partial charge is 0.348 e. The number of nitrogens with zero attached hydrogens (tertiary/aromatic N) is 1. The maximum atomic E-state index is 12.1. The second-order valence-corrected chi connectivity index (χ2v) is 7.58. The highest BCUT2D eigenvalue weighted by atomic mass is 79.9. The monoisotopic (exact) mass is 493 g/mol. The van der Waals surface area contributed by atoms with E-state index in [4.69, 9.17) is 9.15 Å². The van der Waals surface area contributed by atoms with Crippen molar-refractivity contribution in [2.45, 2.75) is 0 Å². The van der Waals surface area contributed by atoms with E-state index >= 15 is 0 Å². The van der Waals surface area contributed by atoms with Gasteiger partial charge in [0.05, 0.1) is 21.9 Å². The molecule has 3 rings (SSSR count). The molecule has 0 atom stereocenters. The fourth-order valence-electron chi connectivity index (χ4n) is 2.20. The summed E-state index contributed by atoms with van der Waals surface area (Å²) >= 11 is 4.11. The number of amides is 2. The highest BCUT2D eigenvalue weighted by Gasteiger charge is 2.16. The van der Waals surface area contributed by atoms with Gasteiger partial charge in [-0.15, -0.1) is 11.3 Å². The summed E-state index contributed by atoms with van der Waals surface area (Å²) in [5.74, 6) is -1.70. The predicted molar refractivity (Wildman–Crippen MR) is 111 cm³/mol. The molecule has 0 saturated heterocycles. The van der Waals surface area contributed by atoms with E-state index in [1.807, 2.05) is 0 Å². The largest absolute Gasteiger partial charge is 0.459 e. The van der Waals surface area contributed by atoms with E-state index < -0.39 is 29.3 Å². The zero-order valence-corrected chi connectivity index (χ0v) is 17.3. The normalized spacial score (nSPS) is 10.3. The van der Waals surface area contributed by atoms with Crippen LogP contribution >= 0.6 is 27.3 Å². The number of hydrogen-bond donors (Lipinski definition) is 2. The molecule has 0 aliphatic carbocycles. The lowest BCUT2D eigenvalue weighted by atomic mass is 10.3. The van der Waals surface area contributed by atoms with E-state index in [1.54, 1.807) is 6.07 Å².